The summed E-state index contributed by atoms with van der Waals surface area (Å²) in [5.74, 6) is 5.31. The third-order valence-electron chi connectivity index (χ3n) is 7.01. The van der Waals surface area contributed by atoms with Gasteiger partial charge >= 0.3 is 0 Å². The molecule has 0 aliphatic carbocycles. The maximum atomic E-state index is 5.75. The zero-order chi connectivity index (χ0) is 32.4. The smallest absolute Gasteiger partial charge is 0.169 e. The molecule has 0 fully saturated rings. The summed E-state index contributed by atoms with van der Waals surface area (Å²) in [6, 6.07) is 16.5. The molecule has 6 nitrogen and oxygen atoms in total. The van der Waals surface area contributed by atoms with E-state index < -0.39 is 0 Å². The van der Waals surface area contributed by atoms with Crippen molar-refractivity contribution >= 4 is 39.8 Å². The number of hydrogen-bond acceptors (Lipinski definition) is 7. The number of ether oxygens (including phenoxy) is 4. The Morgan fingerprint density at radius 1 is 0.652 bits per heavy atom. The Bertz CT molecular complexity index is 1480. The van der Waals surface area contributed by atoms with Crippen molar-refractivity contribution in [2.75, 3.05) is 51.0 Å². The van der Waals surface area contributed by atoms with Crippen LogP contribution in [0.4, 0.5) is 0 Å². The molecular formula is C38H47N2O4S2+. The molecule has 0 amide bonds. The highest BCUT2D eigenvalue weighted by Crippen LogP contribution is 2.30. The van der Waals surface area contributed by atoms with Gasteiger partial charge in [0.05, 0.1) is 32.2 Å². The van der Waals surface area contributed by atoms with E-state index >= 15 is 0 Å². The fourth-order valence-electron chi connectivity index (χ4n) is 4.70. The van der Waals surface area contributed by atoms with Gasteiger partial charge in [0, 0.05) is 31.0 Å². The first-order chi connectivity index (χ1) is 22.6. The number of benzene rings is 2. The van der Waals surface area contributed by atoms with Crippen molar-refractivity contribution in [2.24, 2.45) is 0 Å². The first kappa shape index (κ1) is 35.1. The van der Waals surface area contributed by atoms with Crippen LogP contribution < -0.4 is 23.5 Å². The van der Waals surface area contributed by atoms with E-state index in [1.165, 1.54) is 11.1 Å². The Morgan fingerprint density at radius 3 is 1.76 bits per heavy atom. The molecule has 0 saturated heterocycles. The fourth-order valence-corrected chi connectivity index (χ4v) is 6.69. The standard InChI is InChI=1S/C38H47N2O4S2/c1-5-41-35-15-13-33(29-37(35)43-7-3)11-9-31-17-21-39(22-18-31)25-27-45-46-28-26-40-23-19-32(20-24-40)10-12-34-14-16-36(42-6-2)38(30-34)44-8-4/h9-23,29-30H,5-8,24-28H2,1-4H3/q+1. The molecule has 2 heterocycles. The van der Waals surface area contributed by atoms with Crippen LogP contribution in [0.5, 0.6) is 23.0 Å². The average molecular weight is 660 g/mol. The second kappa shape index (κ2) is 19.7. The third-order valence-corrected chi connectivity index (χ3v) is 9.37. The predicted molar refractivity (Wildman–Crippen MR) is 196 cm³/mol. The molecule has 0 N–H and O–H groups in total. The van der Waals surface area contributed by atoms with E-state index in [1.807, 2.05) is 73.5 Å². The molecule has 8 heteroatoms. The van der Waals surface area contributed by atoms with Crippen molar-refractivity contribution in [3.63, 3.8) is 0 Å². The summed E-state index contributed by atoms with van der Waals surface area (Å²) in [4.78, 5) is 2.36. The summed E-state index contributed by atoms with van der Waals surface area (Å²) in [5.41, 5.74) is 4.57. The first-order valence-corrected chi connectivity index (χ1v) is 18.6. The average Bonchev–Trinajstić information content (AvgIpc) is 3.08. The lowest BCUT2D eigenvalue weighted by atomic mass is 10.1. The maximum Gasteiger partial charge on any atom is 0.169 e. The van der Waals surface area contributed by atoms with Gasteiger partial charge in [-0.15, -0.1) is 0 Å². The molecule has 0 atom stereocenters. The zero-order valence-electron chi connectivity index (χ0n) is 27.5. The van der Waals surface area contributed by atoms with Crippen molar-refractivity contribution in [3.05, 3.63) is 108 Å². The number of aromatic nitrogens is 1. The summed E-state index contributed by atoms with van der Waals surface area (Å²) in [7, 11) is 3.88. The molecule has 2 aromatic carbocycles. The molecule has 0 spiro atoms. The number of rotatable bonds is 19. The van der Waals surface area contributed by atoms with Gasteiger partial charge in [0.25, 0.3) is 0 Å². The van der Waals surface area contributed by atoms with Gasteiger partial charge in [0.2, 0.25) is 0 Å². The van der Waals surface area contributed by atoms with Crippen LogP contribution in [0.1, 0.15) is 44.4 Å². The van der Waals surface area contributed by atoms with E-state index in [9.17, 15) is 0 Å². The second-order valence-corrected chi connectivity index (χ2v) is 13.0. The highest BCUT2D eigenvalue weighted by atomic mass is 33.1. The Labute approximate surface area is 283 Å². The van der Waals surface area contributed by atoms with Crippen LogP contribution in [0.15, 0.2) is 90.9 Å². The number of nitrogens with zero attached hydrogens (tertiary/aromatic N) is 2. The van der Waals surface area contributed by atoms with Gasteiger partial charge in [0.1, 0.15) is 0 Å². The summed E-state index contributed by atoms with van der Waals surface area (Å²) in [6.07, 6.45) is 19.5. The van der Waals surface area contributed by atoms with Crippen LogP contribution >= 0.6 is 21.6 Å². The molecule has 1 aliphatic rings. The Hall–Kier alpha value is -3.75. The minimum Gasteiger partial charge on any atom is -0.490 e. The van der Waals surface area contributed by atoms with Gasteiger partial charge in [-0.3, -0.25) is 0 Å². The van der Waals surface area contributed by atoms with E-state index in [4.69, 9.17) is 18.9 Å². The van der Waals surface area contributed by atoms with Gasteiger partial charge in [-0.2, -0.15) is 0 Å². The Kier molecular flexibility index (Phi) is 15.0. The number of aryl methyl sites for hydroxylation is 1. The molecule has 1 aromatic heterocycles. The molecule has 3 aromatic rings. The van der Waals surface area contributed by atoms with Crippen molar-refractivity contribution in [3.8, 4) is 23.0 Å². The molecule has 0 bridgehead atoms. The zero-order valence-corrected chi connectivity index (χ0v) is 29.2. The van der Waals surface area contributed by atoms with Crippen LogP contribution in [0.2, 0.25) is 0 Å². The van der Waals surface area contributed by atoms with Gasteiger partial charge < -0.3 is 23.8 Å². The van der Waals surface area contributed by atoms with E-state index in [2.05, 4.69) is 88.8 Å². The summed E-state index contributed by atoms with van der Waals surface area (Å²) in [5, 5.41) is 0. The number of pyridine rings is 1. The topological polar surface area (TPSA) is 44.0 Å². The summed E-state index contributed by atoms with van der Waals surface area (Å²) >= 11 is 0. The number of hydrogen-bond donors (Lipinski definition) is 0. The quantitative estimate of drug-likeness (QED) is 0.0726. The van der Waals surface area contributed by atoms with Crippen LogP contribution in [0, 0.1) is 0 Å². The number of allylic oxidation sites excluding steroid dienone is 3. The van der Waals surface area contributed by atoms with Crippen LogP contribution in [-0.2, 0) is 6.54 Å². The van der Waals surface area contributed by atoms with Crippen LogP contribution in [0.25, 0.3) is 18.2 Å². The van der Waals surface area contributed by atoms with Gasteiger partial charge in [-0.25, -0.2) is 4.57 Å². The van der Waals surface area contributed by atoms with Crippen molar-refractivity contribution in [1.29, 1.82) is 0 Å². The highest BCUT2D eigenvalue weighted by Gasteiger charge is 2.08. The van der Waals surface area contributed by atoms with Crippen LogP contribution in [0.3, 0.4) is 0 Å². The van der Waals surface area contributed by atoms with Crippen LogP contribution in [-0.4, -0.2) is 55.9 Å². The third kappa shape index (κ3) is 11.6. The summed E-state index contributed by atoms with van der Waals surface area (Å²) in [6.45, 7) is 13.4. The molecule has 0 unspecified atom stereocenters. The summed E-state index contributed by atoms with van der Waals surface area (Å²) < 4.78 is 25.1. The minimum atomic E-state index is 0.610. The maximum absolute atomic E-state index is 5.75. The minimum absolute atomic E-state index is 0.610. The lowest BCUT2D eigenvalue weighted by Gasteiger charge is -2.21. The van der Waals surface area contributed by atoms with Crippen molar-refractivity contribution in [1.82, 2.24) is 4.90 Å². The van der Waals surface area contributed by atoms with Crippen molar-refractivity contribution < 1.29 is 23.5 Å². The molecule has 46 heavy (non-hydrogen) atoms. The normalized spacial score (nSPS) is 13.0. The lowest BCUT2D eigenvalue weighted by Crippen LogP contribution is -2.33. The predicted octanol–water partition coefficient (Wildman–Crippen LogP) is 8.59. The Morgan fingerprint density at radius 2 is 1.20 bits per heavy atom. The SMILES string of the molecule is CCOc1ccc(C=CC2=CCN(CCSSCC[n+]3ccc(C=Cc4ccc(OCC)c(OCC)c4)cc3)C=C2)cc1OCC. The second-order valence-electron chi connectivity index (χ2n) is 10.3. The molecule has 0 saturated carbocycles. The molecule has 1 aliphatic heterocycles. The largest absolute Gasteiger partial charge is 0.490 e. The monoisotopic (exact) mass is 659 g/mol. The molecule has 244 valence electrons. The fraction of sp³-hybridized carbons (Fsp3) is 0.342. The Balaban J connectivity index is 1.12. The van der Waals surface area contributed by atoms with E-state index in [-0.39, 0.29) is 0 Å². The van der Waals surface area contributed by atoms with E-state index in [0.717, 1.165) is 65.3 Å². The molecule has 4 rings (SSSR count). The van der Waals surface area contributed by atoms with Gasteiger partial charge in [-0.1, -0.05) is 64.1 Å². The first-order valence-electron chi connectivity index (χ1n) is 16.1. The van der Waals surface area contributed by atoms with Crippen molar-refractivity contribution in [2.45, 2.75) is 34.2 Å². The molecular weight excluding hydrogens is 613 g/mol. The highest BCUT2D eigenvalue weighted by molar-refractivity contribution is 8.76. The van der Waals surface area contributed by atoms with Gasteiger partial charge in [-0.05, 0) is 86.5 Å². The van der Waals surface area contributed by atoms with E-state index in [0.29, 0.717) is 26.4 Å². The van der Waals surface area contributed by atoms with Gasteiger partial charge in [0.15, 0.2) is 41.9 Å². The molecule has 0 radical (unpaired) electrons. The van der Waals surface area contributed by atoms with E-state index in [1.54, 1.807) is 0 Å². The lowest BCUT2D eigenvalue weighted by molar-refractivity contribution is -0.692.